The van der Waals surface area contributed by atoms with E-state index in [0.29, 0.717) is 0 Å². The average Bonchev–Trinajstić information content (AvgIpc) is 2.31. The lowest BCUT2D eigenvalue weighted by atomic mass is 9.93. The van der Waals surface area contributed by atoms with Crippen LogP contribution in [-0.4, -0.2) is 10.5 Å². The van der Waals surface area contributed by atoms with Crippen LogP contribution in [0, 0.1) is 0 Å². The smallest absolute Gasteiger partial charge is 0.00763 e. The van der Waals surface area contributed by atoms with Crippen LogP contribution in [0.15, 0.2) is 42.5 Å². The Morgan fingerprint density at radius 2 is 1.69 bits per heavy atom. The molecule has 2 aromatic rings. The third-order valence-corrected chi connectivity index (χ3v) is 2.66. The predicted molar refractivity (Wildman–Crippen MR) is 63.0 cm³/mol. The molecule has 0 bridgehead atoms. The van der Waals surface area contributed by atoms with Crippen molar-refractivity contribution < 1.29 is 15.6 Å². The maximum absolute atomic E-state index is 6.62. The molecule has 0 aliphatic heterocycles. The molecule has 3 nitrogen and oxygen atoms in total. The maximum atomic E-state index is 6.62. The quantitative estimate of drug-likeness (QED) is 0.524. The number of hydrogen-bond acceptors (Lipinski definition) is 3. The zero-order valence-electron chi connectivity index (χ0n) is 8.63. The number of rotatable bonds is 0. The van der Waals surface area contributed by atoms with Gasteiger partial charge in [-0.15, -0.1) is 0 Å². The molecule has 0 heterocycles. The first-order chi connectivity index (χ1) is 7.86. The molecule has 2 aromatic carbocycles. The van der Waals surface area contributed by atoms with Crippen molar-refractivity contribution in [1.82, 2.24) is 0 Å². The fraction of sp³-hybridized carbons (Fsp3) is 0.0769. The third kappa shape index (κ3) is 1.97. The fourth-order valence-electron chi connectivity index (χ4n) is 2.07. The van der Waals surface area contributed by atoms with Crippen LogP contribution in [0.4, 0.5) is 0 Å². The van der Waals surface area contributed by atoms with Crippen LogP contribution in [0.1, 0.15) is 11.1 Å². The molecule has 3 heteroatoms. The van der Waals surface area contributed by atoms with Gasteiger partial charge in [-0.2, -0.15) is 0 Å². The Balaban J connectivity index is 0.000000292. The Hall–Kier alpha value is -1.68. The Kier molecular flexibility index (Phi) is 3.31. The van der Waals surface area contributed by atoms with Crippen LogP contribution in [0.3, 0.4) is 0 Å². The van der Waals surface area contributed by atoms with Crippen LogP contribution in [0.2, 0.25) is 0 Å². The molecule has 0 radical (unpaired) electrons. The summed E-state index contributed by atoms with van der Waals surface area (Å²) in [6.07, 6.45) is 5.53. The molecule has 1 aliphatic carbocycles. The van der Waals surface area contributed by atoms with E-state index in [4.69, 9.17) is 10.5 Å². The van der Waals surface area contributed by atoms with Crippen LogP contribution < -0.4 is 0 Å². The second-order valence-electron chi connectivity index (χ2n) is 3.55. The van der Waals surface area contributed by atoms with Gasteiger partial charge in [0.05, 0.1) is 0 Å². The third-order valence-electron chi connectivity index (χ3n) is 2.66. The van der Waals surface area contributed by atoms with Crippen LogP contribution >= 0.6 is 0 Å². The standard InChI is InChI=1S/C13H10.H2O3/c1-4-10-6-2-8-12-9-3-7-11(5-1)13(10)12;1-3-2/h1-8H,9H2;1-2H. The van der Waals surface area contributed by atoms with Gasteiger partial charge in [0.1, 0.15) is 0 Å². The van der Waals surface area contributed by atoms with Crippen molar-refractivity contribution in [2.24, 2.45) is 0 Å². The largest absolute Gasteiger partial charge is 0.221 e. The zero-order chi connectivity index (χ0) is 11.4. The summed E-state index contributed by atoms with van der Waals surface area (Å²) < 4.78 is 0. The molecule has 82 valence electrons. The molecular formula is C13H12O3. The molecule has 0 saturated heterocycles. The highest BCUT2D eigenvalue weighted by atomic mass is 17.4. The van der Waals surface area contributed by atoms with E-state index in [1.807, 2.05) is 0 Å². The average molecular weight is 216 g/mol. The van der Waals surface area contributed by atoms with Crippen LogP contribution in [-0.2, 0) is 11.5 Å². The number of hydrogen-bond donors (Lipinski definition) is 2. The van der Waals surface area contributed by atoms with Crippen LogP contribution in [0.5, 0.6) is 0 Å². The van der Waals surface area contributed by atoms with Gasteiger partial charge in [0.25, 0.3) is 0 Å². The Bertz CT molecular complexity index is 512. The number of benzene rings is 2. The van der Waals surface area contributed by atoms with E-state index in [2.05, 4.69) is 53.6 Å². The van der Waals surface area contributed by atoms with Crippen molar-refractivity contribution in [3.63, 3.8) is 0 Å². The summed E-state index contributed by atoms with van der Waals surface area (Å²) in [6, 6.07) is 13.0. The summed E-state index contributed by atoms with van der Waals surface area (Å²) >= 11 is 0. The first-order valence-electron chi connectivity index (χ1n) is 4.99. The van der Waals surface area contributed by atoms with Crippen molar-refractivity contribution in [3.8, 4) is 0 Å². The molecule has 0 fully saturated rings. The van der Waals surface area contributed by atoms with Gasteiger partial charge in [0, 0.05) is 0 Å². The predicted octanol–water partition coefficient (Wildman–Crippen LogP) is 3.36. The van der Waals surface area contributed by atoms with Crippen molar-refractivity contribution in [1.29, 1.82) is 0 Å². The molecule has 1 aliphatic rings. The maximum Gasteiger partial charge on any atom is -0.00763 e. The van der Waals surface area contributed by atoms with E-state index in [9.17, 15) is 0 Å². The van der Waals surface area contributed by atoms with Crippen molar-refractivity contribution in [2.45, 2.75) is 6.42 Å². The molecule has 0 spiro atoms. The van der Waals surface area contributed by atoms with Crippen molar-refractivity contribution >= 4 is 16.8 Å². The second kappa shape index (κ2) is 4.90. The summed E-state index contributed by atoms with van der Waals surface area (Å²) in [6.45, 7) is 0. The Labute approximate surface area is 93.1 Å². The van der Waals surface area contributed by atoms with Crippen LogP contribution in [0.25, 0.3) is 16.8 Å². The SMILES string of the molecule is C1=Cc2cccc3cccc(c23)C1.OOO. The van der Waals surface area contributed by atoms with Gasteiger partial charge in [-0.3, -0.25) is 0 Å². The summed E-state index contributed by atoms with van der Waals surface area (Å²) in [5.74, 6) is 0. The van der Waals surface area contributed by atoms with E-state index < -0.39 is 0 Å². The second-order valence-corrected chi connectivity index (χ2v) is 3.55. The molecule has 3 rings (SSSR count). The fourth-order valence-corrected chi connectivity index (χ4v) is 2.07. The molecule has 0 unspecified atom stereocenters. The van der Waals surface area contributed by atoms with E-state index in [0.717, 1.165) is 6.42 Å². The minimum atomic E-state index is 1.08. The molecule has 0 atom stereocenters. The zero-order valence-corrected chi connectivity index (χ0v) is 8.63. The van der Waals surface area contributed by atoms with Gasteiger partial charge in [-0.1, -0.05) is 53.6 Å². The highest BCUT2D eigenvalue weighted by molar-refractivity contribution is 5.94. The van der Waals surface area contributed by atoms with Gasteiger partial charge in [-0.25, -0.2) is 10.5 Å². The monoisotopic (exact) mass is 216 g/mol. The summed E-state index contributed by atoms with van der Waals surface area (Å²) in [7, 11) is 0. The number of allylic oxidation sites excluding steroid dienone is 1. The normalized spacial score (nSPS) is 12.1. The molecular weight excluding hydrogens is 204 g/mol. The minimum absolute atomic E-state index is 1.08. The summed E-state index contributed by atoms with van der Waals surface area (Å²) in [5, 5.41) is 18.3. The lowest BCUT2D eigenvalue weighted by molar-refractivity contribution is -0.465. The van der Waals surface area contributed by atoms with Gasteiger partial charge >= 0.3 is 0 Å². The van der Waals surface area contributed by atoms with Crippen molar-refractivity contribution in [3.05, 3.63) is 53.6 Å². The lowest BCUT2D eigenvalue weighted by Crippen LogP contribution is -1.91. The van der Waals surface area contributed by atoms with Gasteiger partial charge in [-0.05, 0) is 28.3 Å². The Morgan fingerprint density at radius 1 is 1.00 bits per heavy atom. The topological polar surface area (TPSA) is 49.7 Å². The lowest BCUT2D eigenvalue weighted by Gasteiger charge is -2.11. The summed E-state index contributed by atoms with van der Waals surface area (Å²) in [4.78, 5) is 0. The Morgan fingerprint density at radius 3 is 2.44 bits per heavy atom. The first kappa shape index (κ1) is 10.8. The van der Waals surface area contributed by atoms with E-state index >= 15 is 0 Å². The molecule has 0 amide bonds. The molecule has 0 saturated carbocycles. The van der Waals surface area contributed by atoms with E-state index in [1.165, 1.54) is 21.9 Å². The van der Waals surface area contributed by atoms with Gasteiger partial charge < -0.3 is 0 Å². The minimum Gasteiger partial charge on any atom is -0.221 e. The first-order valence-corrected chi connectivity index (χ1v) is 4.99. The molecule has 0 aromatic heterocycles. The van der Waals surface area contributed by atoms with E-state index in [-0.39, 0.29) is 0 Å². The van der Waals surface area contributed by atoms with Gasteiger partial charge in [0.15, 0.2) is 0 Å². The highest BCUT2D eigenvalue weighted by Gasteiger charge is 2.06. The highest BCUT2D eigenvalue weighted by Crippen LogP contribution is 2.27. The molecule has 2 N–H and O–H groups in total. The molecule has 16 heavy (non-hydrogen) atoms. The summed E-state index contributed by atoms with van der Waals surface area (Å²) in [5.41, 5.74) is 2.81. The van der Waals surface area contributed by atoms with Gasteiger partial charge in [0.2, 0.25) is 0 Å². The van der Waals surface area contributed by atoms with E-state index in [1.54, 1.807) is 0 Å². The van der Waals surface area contributed by atoms with Crippen molar-refractivity contribution in [2.75, 3.05) is 0 Å².